The van der Waals surface area contributed by atoms with Gasteiger partial charge in [0.2, 0.25) is 5.88 Å². The number of fused-ring (bicyclic) bond motifs is 1. The summed E-state index contributed by atoms with van der Waals surface area (Å²) in [5, 5.41) is 7.40. The fourth-order valence-corrected chi connectivity index (χ4v) is 2.56. The molecule has 0 aromatic carbocycles. The number of hydrogen-bond donors (Lipinski definition) is 1. The highest BCUT2D eigenvalue weighted by atomic mass is 16.5. The number of methoxy groups -OCH3 is 1. The Morgan fingerprint density at radius 1 is 1.30 bits per heavy atom. The zero-order chi connectivity index (χ0) is 19.4. The molecule has 0 atom stereocenters. The maximum Gasteiger partial charge on any atom is 0.259 e. The molecule has 8 heteroatoms. The molecule has 0 fully saturated rings. The predicted molar refractivity (Wildman–Crippen MR) is 100 cm³/mol. The summed E-state index contributed by atoms with van der Waals surface area (Å²) in [5.41, 5.74) is 2.79. The molecule has 0 aliphatic heterocycles. The Labute approximate surface area is 156 Å². The number of rotatable bonds is 7. The zero-order valence-electron chi connectivity index (χ0n) is 15.8. The van der Waals surface area contributed by atoms with Gasteiger partial charge < -0.3 is 19.3 Å². The van der Waals surface area contributed by atoms with Crippen molar-refractivity contribution >= 4 is 22.7 Å². The second-order valence-corrected chi connectivity index (χ2v) is 6.38. The van der Waals surface area contributed by atoms with Crippen molar-refractivity contribution in [3.05, 3.63) is 41.3 Å². The van der Waals surface area contributed by atoms with Gasteiger partial charge in [0.25, 0.3) is 11.6 Å². The van der Waals surface area contributed by atoms with Crippen LogP contribution in [0.4, 0.5) is 5.69 Å². The van der Waals surface area contributed by atoms with Crippen LogP contribution in [0.2, 0.25) is 0 Å². The first kappa shape index (κ1) is 18.8. The average Bonchev–Trinajstić information content (AvgIpc) is 3.03. The maximum absolute atomic E-state index is 12.9. The van der Waals surface area contributed by atoms with E-state index >= 15 is 0 Å². The van der Waals surface area contributed by atoms with Gasteiger partial charge in [0.05, 0.1) is 35.1 Å². The molecule has 1 N–H and O–H groups in total. The first-order valence-electron chi connectivity index (χ1n) is 8.65. The number of carbonyl (C=O) groups is 1. The minimum atomic E-state index is -0.273. The SMILES string of the molecule is COCCOc1ccc(NC(=O)c2cc(C(C)C)nc3onc(C)c23)cn1. The monoisotopic (exact) mass is 370 g/mol. The average molecular weight is 370 g/mol. The van der Waals surface area contributed by atoms with E-state index in [1.165, 1.54) is 0 Å². The molecule has 0 unspecified atom stereocenters. The molecular formula is C19H22N4O4. The first-order chi connectivity index (χ1) is 13.0. The molecule has 3 heterocycles. The van der Waals surface area contributed by atoms with Crippen LogP contribution in [0, 0.1) is 6.92 Å². The summed E-state index contributed by atoms with van der Waals surface area (Å²) < 4.78 is 15.6. The number of anilines is 1. The van der Waals surface area contributed by atoms with Gasteiger partial charge in [0.15, 0.2) is 0 Å². The van der Waals surface area contributed by atoms with Crippen molar-refractivity contribution in [2.45, 2.75) is 26.7 Å². The fourth-order valence-electron chi connectivity index (χ4n) is 2.56. The van der Waals surface area contributed by atoms with Crippen LogP contribution in [0.15, 0.2) is 28.9 Å². The third kappa shape index (κ3) is 4.22. The summed E-state index contributed by atoms with van der Waals surface area (Å²) in [6, 6.07) is 5.20. The van der Waals surface area contributed by atoms with Gasteiger partial charge in [0.1, 0.15) is 6.61 Å². The number of pyridine rings is 2. The number of nitrogens with one attached hydrogen (secondary N) is 1. The molecule has 1 amide bonds. The van der Waals surface area contributed by atoms with E-state index in [9.17, 15) is 4.79 Å². The lowest BCUT2D eigenvalue weighted by Crippen LogP contribution is -2.14. The van der Waals surface area contributed by atoms with Crippen LogP contribution >= 0.6 is 0 Å². The van der Waals surface area contributed by atoms with Crippen molar-refractivity contribution in [2.24, 2.45) is 0 Å². The molecule has 3 rings (SSSR count). The lowest BCUT2D eigenvalue weighted by Gasteiger charge is -2.10. The Morgan fingerprint density at radius 2 is 2.11 bits per heavy atom. The molecule has 0 saturated heterocycles. The van der Waals surface area contributed by atoms with E-state index in [2.05, 4.69) is 20.4 Å². The molecule has 8 nitrogen and oxygen atoms in total. The minimum Gasteiger partial charge on any atom is -0.475 e. The van der Waals surface area contributed by atoms with E-state index in [0.717, 1.165) is 5.69 Å². The van der Waals surface area contributed by atoms with Crippen molar-refractivity contribution in [3.63, 3.8) is 0 Å². The van der Waals surface area contributed by atoms with Crippen molar-refractivity contribution < 1.29 is 18.8 Å². The van der Waals surface area contributed by atoms with Gasteiger partial charge in [-0.25, -0.2) is 9.97 Å². The second kappa shape index (κ2) is 8.13. The summed E-state index contributed by atoms with van der Waals surface area (Å²) in [5.74, 6) is 0.343. The third-order valence-corrected chi connectivity index (χ3v) is 4.00. The van der Waals surface area contributed by atoms with Gasteiger partial charge in [-0.3, -0.25) is 4.79 Å². The van der Waals surface area contributed by atoms with Gasteiger partial charge >= 0.3 is 0 Å². The van der Waals surface area contributed by atoms with Crippen LogP contribution in [0.5, 0.6) is 5.88 Å². The third-order valence-electron chi connectivity index (χ3n) is 4.00. The zero-order valence-corrected chi connectivity index (χ0v) is 15.8. The molecule has 0 bridgehead atoms. The van der Waals surface area contributed by atoms with Crippen LogP contribution in [-0.4, -0.2) is 41.4 Å². The normalized spacial score (nSPS) is 11.1. The Bertz CT molecular complexity index is 935. The molecular weight excluding hydrogens is 348 g/mol. The summed E-state index contributed by atoms with van der Waals surface area (Å²) in [7, 11) is 1.60. The van der Waals surface area contributed by atoms with Gasteiger partial charge in [-0.2, -0.15) is 0 Å². The number of aryl methyl sites for hydroxylation is 1. The summed E-state index contributed by atoms with van der Waals surface area (Å²) in [4.78, 5) is 21.5. The predicted octanol–water partition coefficient (Wildman–Crippen LogP) is 3.33. The Kier molecular flexibility index (Phi) is 5.66. The molecule has 0 aliphatic rings. The highest BCUT2D eigenvalue weighted by Gasteiger charge is 2.20. The van der Waals surface area contributed by atoms with Gasteiger partial charge in [-0.05, 0) is 25.0 Å². The highest BCUT2D eigenvalue weighted by molar-refractivity contribution is 6.12. The van der Waals surface area contributed by atoms with Crippen LogP contribution in [0.25, 0.3) is 11.1 Å². The van der Waals surface area contributed by atoms with Gasteiger partial charge in [0, 0.05) is 18.9 Å². The molecule has 3 aromatic heterocycles. The maximum atomic E-state index is 12.9. The summed E-state index contributed by atoms with van der Waals surface area (Å²) in [6.07, 6.45) is 1.54. The fraction of sp³-hybridized carbons (Fsp3) is 0.368. The van der Waals surface area contributed by atoms with E-state index in [1.54, 1.807) is 38.4 Å². The van der Waals surface area contributed by atoms with Crippen molar-refractivity contribution in [2.75, 3.05) is 25.6 Å². The van der Waals surface area contributed by atoms with Crippen LogP contribution in [-0.2, 0) is 4.74 Å². The van der Waals surface area contributed by atoms with Crippen LogP contribution in [0.1, 0.15) is 41.5 Å². The number of ether oxygens (including phenoxy) is 2. The van der Waals surface area contributed by atoms with E-state index < -0.39 is 0 Å². The first-order valence-corrected chi connectivity index (χ1v) is 8.65. The number of nitrogens with zero attached hydrogens (tertiary/aromatic N) is 3. The van der Waals surface area contributed by atoms with E-state index in [-0.39, 0.29) is 11.8 Å². The summed E-state index contributed by atoms with van der Waals surface area (Å²) >= 11 is 0. The molecule has 27 heavy (non-hydrogen) atoms. The van der Waals surface area contributed by atoms with Crippen LogP contribution in [0.3, 0.4) is 0 Å². The van der Waals surface area contributed by atoms with E-state index in [4.69, 9.17) is 14.0 Å². The number of amides is 1. The molecule has 0 aliphatic carbocycles. The van der Waals surface area contributed by atoms with Crippen LogP contribution < -0.4 is 10.1 Å². The largest absolute Gasteiger partial charge is 0.475 e. The number of hydrogen-bond acceptors (Lipinski definition) is 7. The van der Waals surface area contributed by atoms with Gasteiger partial charge in [-0.1, -0.05) is 19.0 Å². The van der Waals surface area contributed by atoms with Crippen molar-refractivity contribution in [3.8, 4) is 5.88 Å². The Morgan fingerprint density at radius 3 is 2.78 bits per heavy atom. The lowest BCUT2D eigenvalue weighted by molar-refractivity contribution is 0.102. The van der Waals surface area contributed by atoms with Gasteiger partial charge in [-0.15, -0.1) is 0 Å². The van der Waals surface area contributed by atoms with Crippen molar-refractivity contribution in [1.82, 2.24) is 15.1 Å². The molecule has 0 radical (unpaired) electrons. The topological polar surface area (TPSA) is 99.4 Å². The van der Waals surface area contributed by atoms with Crippen molar-refractivity contribution in [1.29, 1.82) is 0 Å². The molecule has 142 valence electrons. The quantitative estimate of drug-likeness (QED) is 0.637. The number of carbonyl (C=O) groups excluding carboxylic acids is 1. The van der Waals surface area contributed by atoms with E-state index in [1.807, 2.05) is 13.8 Å². The Balaban J connectivity index is 1.82. The smallest absolute Gasteiger partial charge is 0.259 e. The molecule has 3 aromatic rings. The molecule has 0 saturated carbocycles. The second-order valence-electron chi connectivity index (χ2n) is 6.38. The van der Waals surface area contributed by atoms with E-state index in [0.29, 0.717) is 47.1 Å². The number of aromatic nitrogens is 3. The Hall–Kier alpha value is -3.00. The minimum absolute atomic E-state index is 0.150. The summed E-state index contributed by atoms with van der Waals surface area (Å²) in [6.45, 7) is 6.69. The highest BCUT2D eigenvalue weighted by Crippen LogP contribution is 2.26. The standard InChI is InChI=1S/C19H22N4O4/c1-11(2)15-9-14(17-12(3)23-27-19(17)22-15)18(24)21-13-5-6-16(20-10-13)26-8-7-25-4/h5-6,9-11H,7-8H2,1-4H3,(H,21,24). The molecule has 0 spiro atoms. The lowest BCUT2D eigenvalue weighted by atomic mass is 10.0.